The minimum atomic E-state index is 0.353. The summed E-state index contributed by atoms with van der Waals surface area (Å²) in [5.41, 5.74) is 0. The van der Waals surface area contributed by atoms with Gasteiger partial charge in [-0.2, -0.15) is 0 Å². The molecule has 1 fully saturated rings. The lowest BCUT2D eigenvalue weighted by molar-refractivity contribution is 0.190. The van der Waals surface area contributed by atoms with Gasteiger partial charge in [-0.15, -0.1) is 0 Å². The fourth-order valence-electron chi connectivity index (χ4n) is 2.58. The Morgan fingerprint density at radius 1 is 0.944 bits per heavy atom. The Balaban J connectivity index is 1.85. The van der Waals surface area contributed by atoms with E-state index in [4.69, 9.17) is 4.74 Å². The first-order chi connectivity index (χ1) is 8.93. The van der Waals surface area contributed by atoms with Gasteiger partial charge < -0.3 is 10.1 Å². The zero-order valence-corrected chi connectivity index (χ0v) is 10.6. The van der Waals surface area contributed by atoms with Crippen LogP contribution in [0.1, 0.15) is 19.3 Å². The van der Waals surface area contributed by atoms with Gasteiger partial charge in [0.05, 0.1) is 6.10 Å². The third kappa shape index (κ3) is 2.49. The second kappa shape index (κ2) is 5.40. The van der Waals surface area contributed by atoms with Gasteiger partial charge in [-0.05, 0) is 43.8 Å². The minimum Gasteiger partial charge on any atom is -0.490 e. The van der Waals surface area contributed by atoms with Gasteiger partial charge in [-0.3, -0.25) is 0 Å². The van der Waals surface area contributed by atoms with E-state index in [0.29, 0.717) is 6.10 Å². The van der Waals surface area contributed by atoms with E-state index in [2.05, 4.69) is 47.8 Å². The van der Waals surface area contributed by atoms with Crippen molar-refractivity contribution in [2.75, 3.05) is 13.1 Å². The van der Waals surface area contributed by atoms with E-state index in [-0.39, 0.29) is 0 Å². The highest BCUT2D eigenvalue weighted by atomic mass is 16.5. The van der Waals surface area contributed by atoms with Gasteiger partial charge in [0.25, 0.3) is 0 Å². The molecule has 1 saturated heterocycles. The quantitative estimate of drug-likeness (QED) is 0.870. The maximum absolute atomic E-state index is 6.21. The lowest BCUT2D eigenvalue weighted by atomic mass is 10.1. The first kappa shape index (κ1) is 11.5. The van der Waals surface area contributed by atoms with Crippen LogP contribution in [-0.4, -0.2) is 19.2 Å². The van der Waals surface area contributed by atoms with Crippen molar-refractivity contribution >= 4 is 10.8 Å². The second-order valence-electron chi connectivity index (χ2n) is 4.90. The molecule has 1 N–H and O–H groups in total. The van der Waals surface area contributed by atoms with Crippen LogP contribution in [0.3, 0.4) is 0 Å². The number of rotatable bonds is 2. The number of fused-ring (bicyclic) bond motifs is 1. The molecule has 0 saturated carbocycles. The molecule has 18 heavy (non-hydrogen) atoms. The molecular weight excluding hydrogens is 222 g/mol. The molecule has 0 amide bonds. The number of hydrogen-bond acceptors (Lipinski definition) is 2. The van der Waals surface area contributed by atoms with Crippen molar-refractivity contribution in [3.05, 3.63) is 42.5 Å². The van der Waals surface area contributed by atoms with Crippen LogP contribution < -0.4 is 10.1 Å². The van der Waals surface area contributed by atoms with Crippen molar-refractivity contribution in [3.63, 3.8) is 0 Å². The molecular formula is C16H19NO. The summed E-state index contributed by atoms with van der Waals surface area (Å²) in [7, 11) is 0. The molecule has 2 heteroatoms. The van der Waals surface area contributed by atoms with Gasteiger partial charge in [0.2, 0.25) is 0 Å². The molecule has 1 aliphatic heterocycles. The lowest BCUT2D eigenvalue weighted by Crippen LogP contribution is -2.19. The number of ether oxygens (including phenoxy) is 1. The molecule has 1 unspecified atom stereocenters. The maximum atomic E-state index is 6.21. The molecule has 0 spiro atoms. The molecule has 2 nitrogen and oxygen atoms in total. The minimum absolute atomic E-state index is 0.353. The van der Waals surface area contributed by atoms with Crippen molar-refractivity contribution in [3.8, 4) is 5.75 Å². The van der Waals surface area contributed by atoms with Gasteiger partial charge in [0, 0.05) is 5.39 Å². The molecule has 0 radical (unpaired) electrons. The maximum Gasteiger partial charge on any atom is 0.127 e. The summed E-state index contributed by atoms with van der Waals surface area (Å²) in [6, 6.07) is 14.7. The second-order valence-corrected chi connectivity index (χ2v) is 4.90. The van der Waals surface area contributed by atoms with Crippen LogP contribution in [0.5, 0.6) is 5.75 Å². The van der Waals surface area contributed by atoms with E-state index in [1.165, 1.54) is 17.2 Å². The third-order valence-electron chi connectivity index (χ3n) is 3.57. The zero-order valence-electron chi connectivity index (χ0n) is 10.6. The Kier molecular flexibility index (Phi) is 3.47. The fourth-order valence-corrected chi connectivity index (χ4v) is 2.58. The van der Waals surface area contributed by atoms with E-state index in [1.807, 2.05) is 0 Å². The van der Waals surface area contributed by atoms with Crippen LogP contribution in [0.4, 0.5) is 0 Å². The molecule has 0 aliphatic carbocycles. The number of hydrogen-bond donors (Lipinski definition) is 1. The molecule has 94 valence electrons. The summed E-state index contributed by atoms with van der Waals surface area (Å²) >= 11 is 0. The first-order valence-electron chi connectivity index (χ1n) is 6.78. The fraction of sp³-hybridized carbons (Fsp3) is 0.375. The van der Waals surface area contributed by atoms with E-state index < -0.39 is 0 Å². The van der Waals surface area contributed by atoms with Crippen LogP contribution in [0.15, 0.2) is 42.5 Å². The van der Waals surface area contributed by atoms with E-state index in [1.54, 1.807) is 0 Å². The molecule has 1 heterocycles. The van der Waals surface area contributed by atoms with Crippen LogP contribution in [0, 0.1) is 0 Å². The summed E-state index contributed by atoms with van der Waals surface area (Å²) in [4.78, 5) is 0. The smallest absolute Gasteiger partial charge is 0.127 e. The molecule has 0 aromatic heterocycles. The van der Waals surface area contributed by atoms with Crippen molar-refractivity contribution in [1.82, 2.24) is 5.32 Å². The SMILES string of the molecule is c1ccc2c(OC3CCCNCC3)cccc2c1. The highest BCUT2D eigenvalue weighted by Crippen LogP contribution is 2.27. The van der Waals surface area contributed by atoms with Crippen molar-refractivity contribution in [1.29, 1.82) is 0 Å². The topological polar surface area (TPSA) is 21.3 Å². The van der Waals surface area contributed by atoms with Crippen molar-refractivity contribution in [2.24, 2.45) is 0 Å². The lowest BCUT2D eigenvalue weighted by Gasteiger charge is -2.18. The summed E-state index contributed by atoms with van der Waals surface area (Å²) < 4.78 is 6.21. The highest BCUT2D eigenvalue weighted by molar-refractivity contribution is 5.88. The van der Waals surface area contributed by atoms with Crippen LogP contribution >= 0.6 is 0 Å². The largest absolute Gasteiger partial charge is 0.490 e. The third-order valence-corrected chi connectivity index (χ3v) is 3.57. The average Bonchev–Trinajstić information content (AvgIpc) is 2.68. The number of nitrogens with one attached hydrogen (secondary N) is 1. The number of benzene rings is 2. The van der Waals surface area contributed by atoms with E-state index in [0.717, 1.165) is 31.7 Å². The van der Waals surface area contributed by atoms with Gasteiger partial charge in [-0.25, -0.2) is 0 Å². The molecule has 1 atom stereocenters. The Morgan fingerprint density at radius 2 is 1.83 bits per heavy atom. The molecule has 3 rings (SSSR count). The predicted octanol–water partition coefficient (Wildman–Crippen LogP) is 3.36. The summed E-state index contributed by atoms with van der Waals surface area (Å²) in [6.45, 7) is 2.19. The van der Waals surface area contributed by atoms with Gasteiger partial charge in [0.15, 0.2) is 0 Å². The van der Waals surface area contributed by atoms with Gasteiger partial charge in [0.1, 0.15) is 5.75 Å². The van der Waals surface area contributed by atoms with Crippen LogP contribution in [0.25, 0.3) is 10.8 Å². The normalized spacial score (nSPS) is 20.6. The molecule has 2 aromatic carbocycles. The van der Waals surface area contributed by atoms with E-state index >= 15 is 0 Å². The van der Waals surface area contributed by atoms with E-state index in [9.17, 15) is 0 Å². The van der Waals surface area contributed by atoms with Gasteiger partial charge >= 0.3 is 0 Å². The average molecular weight is 241 g/mol. The van der Waals surface area contributed by atoms with Crippen molar-refractivity contribution in [2.45, 2.75) is 25.4 Å². The van der Waals surface area contributed by atoms with Crippen LogP contribution in [-0.2, 0) is 0 Å². The highest BCUT2D eigenvalue weighted by Gasteiger charge is 2.14. The Bertz CT molecular complexity index is 510. The first-order valence-corrected chi connectivity index (χ1v) is 6.78. The molecule has 1 aliphatic rings. The van der Waals surface area contributed by atoms with Gasteiger partial charge in [-0.1, -0.05) is 36.4 Å². The monoisotopic (exact) mass is 241 g/mol. The zero-order chi connectivity index (χ0) is 12.2. The molecule has 0 bridgehead atoms. The summed E-state index contributed by atoms with van der Waals surface area (Å²) in [6.07, 6.45) is 3.81. The summed E-state index contributed by atoms with van der Waals surface area (Å²) in [5.74, 6) is 1.03. The Hall–Kier alpha value is -1.54. The standard InChI is InChI=1S/C16H19NO/c1-2-8-15-13(5-1)6-3-9-16(15)18-14-7-4-11-17-12-10-14/h1-3,5-6,8-9,14,17H,4,7,10-12H2. The van der Waals surface area contributed by atoms with Crippen molar-refractivity contribution < 1.29 is 4.74 Å². The predicted molar refractivity (Wildman–Crippen MR) is 75.1 cm³/mol. The Labute approximate surface area is 108 Å². The summed E-state index contributed by atoms with van der Waals surface area (Å²) in [5, 5.41) is 5.89. The Morgan fingerprint density at radius 3 is 2.83 bits per heavy atom. The molecule has 2 aromatic rings. The van der Waals surface area contributed by atoms with Crippen LogP contribution in [0.2, 0.25) is 0 Å².